The molecule has 0 spiro atoms. The molecule has 0 saturated heterocycles. The lowest BCUT2D eigenvalue weighted by atomic mass is 10.2. The molecule has 0 N–H and O–H groups in total. The fourth-order valence-corrected chi connectivity index (χ4v) is 2.00. The van der Waals surface area contributed by atoms with Crippen molar-refractivity contribution >= 4 is 11.6 Å². The summed E-state index contributed by atoms with van der Waals surface area (Å²) >= 11 is 5.94. The zero-order chi connectivity index (χ0) is 12.4. The smallest absolute Gasteiger partial charge is 0.125 e. The molecular weight excluding hydrogens is 236 g/mol. The van der Waals surface area contributed by atoms with E-state index in [1.165, 1.54) is 0 Å². The Morgan fingerprint density at radius 2 is 2.12 bits per heavy atom. The first-order chi connectivity index (χ1) is 8.11. The Labute approximate surface area is 106 Å². The lowest BCUT2D eigenvalue weighted by Crippen LogP contribution is -2.05. The predicted molar refractivity (Wildman–Crippen MR) is 68.8 cm³/mol. The maximum Gasteiger partial charge on any atom is 0.125 e. The van der Waals surface area contributed by atoms with Crippen molar-refractivity contribution in [1.82, 2.24) is 9.55 Å². The molecule has 1 heterocycles. The highest BCUT2D eigenvalue weighted by atomic mass is 35.5. The van der Waals surface area contributed by atoms with Gasteiger partial charge in [0.05, 0.1) is 13.7 Å². The van der Waals surface area contributed by atoms with Crippen molar-refractivity contribution in [3.63, 3.8) is 0 Å². The summed E-state index contributed by atoms with van der Waals surface area (Å²) in [6.45, 7) is 4.79. The van der Waals surface area contributed by atoms with Gasteiger partial charge in [0.25, 0.3) is 0 Å². The lowest BCUT2D eigenvalue weighted by molar-refractivity contribution is 0.408. The van der Waals surface area contributed by atoms with Gasteiger partial charge in [-0.2, -0.15) is 0 Å². The lowest BCUT2D eigenvalue weighted by Gasteiger charge is -2.12. The van der Waals surface area contributed by atoms with Crippen molar-refractivity contribution < 1.29 is 4.74 Å². The van der Waals surface area contributed by atoms with E-state index < -0.39 is 0 Å². The van der Waals surface area contributed by atoms with Crippen LogP contribution in [-0.4, -0.2) is 16.7 Å². The molecule has 0 aliphatic rings. The fourth-order valence-electron chi connectivity index (χ4n) is 1.84. The zero-order valence-electron chi connectivity index (χ0n) is 10.2. The Morgan fingerprint density at radius 1 is 1.35 bits per heavy atom. The summed E-state index contributed by atoms with van der Waals surface area (Å²) in [7, 11) is 1.66. The maximum atomic E-state index is 5.94. The van der Waals surface area contributed by atoms with Gasteiger partial charge in [-0.1, -0.05) is 17.7 Å². The molecule has 2 aromatic rings. The Bertz CT molecular complexity index is 515. The Hall–Kier alpha value is -1.48. The molecule has 0 amide bonds. The van der Waals surface area contributed by atoms with Gasteiger partial charge in [0.2, 0.25) is 0 Å². The van der Waals surface area contributed by atoms with E-state index in [1.807, 2.05) is 38.2 Å². The summed E-state index contributed by atoms with van der Waals surface area (Å²) in [5.74, 6) is 1.81. The quantitative estimate of drug-likeness (QED) is 0.837. The molecule has 1 aromatic carbocycles. The van der Waals surface area contributed by atoms with Crippen LogP contribution in [0.25, 0.3) is 0 Å². The number of rotatable bonds is 3. The molecule has 17 heavy (non-hydrogen) atoms. The van der Waals surface area contributed by atoms with E-state index in [9.17, 15) is 0 Å². The number of aromatic nitrogens is 2. The first-order valence-corrected chi connectivity index (χ1v) is 5.80. The van der Waals surface area contributed by atoms with Gasteiger partial charge < -0.3 is 9.30 Å². The second kappa shape index (κ2) is 4.80. The third-order valence-electron chi connectivity index (χ3n) is 2.83. The first-order valence-electron chi connectivity index (χ1n) is 5.43. The van der Waals surface area contributed by atoms with Crippen molar-refractivity contribution in [2.24, 2.45) is 0 Å². The number of hydrogen-bond acceptors (Lipinski definition) is 2. The minimum atomic E-state index is 0.685. The van der Waals surface area contributed by atoms with E-state index >= 15 is 0 Å². The van der Waals surface area contributed by atoms with Gasteiger partial charge in [0.1, 0.15) is 11.6 Å². The molecule has 0 aliphatic carbocycles. The normalized spacial score (nSPS) is 10.6. The summed E-state index contributed by atoms with van der Waals surface area (Å²) in [6.07, 6.45) is 1.87. The van der Waals surface area contributed by atoms with Crippen molar-refractivity contribution in [1.29, 1.82) is 0 Å². The van der Waals surface area contributed by atoms with Crippen molar-refractivity contribution in [2.75, 3.05) is 7.11 Å². The van der Waals surface area contributed by atoms with Gasteiger partial charge in [0.15, 0.2) is 0 Å². The molecule has 0 unspecified atom stereocenters. The molecule has 90 valence electrons. The van der Waals surface area contributed by atoms with Crippen LogP contribution in [0.5, 0.6) is 5.75 Å². The van der Waals surface area contributed by atoms with Crippen LogP contribution in [0, 0.1) is 13.8 Å². The average Bonchev–Trinajstić information content (AvgIpc) is 2.62. The monoisotopic (exact) mass is 250 g/mol. The van der Waals surface area contributed by atoms with E-state index in [2.05, 4.69) is 9.55 Å². The van der Waals surface area contributed by atoms with E-state index in [4.69, 9.17) is 16.3 Å². The number of hydrogen-bond donors (Lipinski definition) is 0. The number of ether oxygens (including phenoxy) is 1. The molecule has 1 aromatic heterocycles. The summed E-state index contributed by atoms with van der Waals surface area (Å²) in [4.78, 5) is 4.28. The third-order valence-corrected chi connectivity index (χ3v) is 3.07. The minimum absolute atomic E-state index is 0.685. The predicted octanol–water partition coefficient (Wildman–Crippen LogP) is 3.21. The van der Waals surface area contributed by atoms with Crippen LogP contribution in [0.15, 0.2) is 24.4 Å². The Balaban J connectivity index is 2.36. The number of nitrogens with zero attached hydrogens (tertiary/aromatic N) is 2. The van der Waals surface area contributed by atoms with Crippen molar-refractivity contribution in [2.45, 2.75) is 20.4 Å². The fraction of sp³-hybridized carbons (Fsp3) is 0.308. The third kappa shape index (κ3) is 2.44. The number of aryl methyl sites for hydroxylation is 2. The molecule has 3 nitrogen and oxygen atoms in total. The van der Waals surface area contributed by atoms with Crippen LogP contribution < -0.4 is 4.74 Å². The highest BCUT2D eigenvalue weighted by Crippen LogP contribution is 2.24. The molecule has 0 fully saturated rings. The Morgan fingerprint density at radius 3 is 2.71 bits per heavy atom. The molecule has 2 rings (SSSR count). The van der Waals surface area contributed by atoms with Crippen molar-refractivity contribution in [3.05, 3.63) is 46.5 Å². The molecule has 0 radical (unpaired) electrons. The van der Waals surface area contributed by atoms with Gasteiger partial charge in [-0.25, -0.2) is 4.98 Å². The SMILES string of the molecule is COc1cc(Cl)ccc1Cn1c(C)cnc1C. The summed E-state index contributed by atoms with van der Waals surface area (Å²) in [6, 6.07) is 5.69. The second-order valence-corrected chi connectivity index (χ2v) is 4.43. The van der Waals surface area contributed by atoms with Crippen LogP contribution in [-0.2, 0) is 6.54 Å². The topological polar surface area (TPSA) is 27.1 Å². The van der Waals surface area contributed by atoms with Gasteiger partial charge in [-0.15, -0.1) is 0 Å². The van der Waals surface area contributed by atoms with E-state index in [1.54, 1.807) is 7.11 Å². The molecule has 0 atom stereocenters. The second-order valence-electron chi connectivity index (χ2n) is 3.99. The summed E-state index contributed by atoms with van der Waals surface area (Å²) < 4.78 is 7.48. The van der Waals surface area contributed by atoms with Crippen LogP contribution in [0.4, 0.5) is 0 Å². The number of methoxy groups -OCH3 is 1. The van der Waals surface area contributed by atoms with Crippen molar-refractivity contribution in [3.8, 4) is 5.75 Å². The Kier molecular flexibility index (Phi) is 3.38. The minimum Gasteiger partial charge on any atom is -0.496 e. The molecule has 4 heteroatoms. The van der Waals surface area contributed by atoms with Gasteiger partial charge >= 0.3 is 0 Å². The van der Waals surface area contributed by atoms with E-state index in [0.29, 0.717) is 5.02 Å². The van der Waals surface area contributed by atoms with E-state index in [-0.39, 0.29) is 0 Å². The van der Waals surface area contributed by atoms with E-state index in [0.717, 1.165) is 29.4 Å². The molecule has 0 bridgehead atoms. The van der Waals surface area contributed by atoms with Gasteiger partial charge in [-0.3, -0.25) is 0 Å². The summed E-state index contributed by atoms with van der Waals surface area (Å²) in [5, 5.41) is 0.685. The molecule has 0 saturated carbocycles. The largest absolute Gasteiger partial charge is 0.496 e. The van der Waals surface area contributed by atoms with Gasteiger partial charge in [0, 0.05) is 22.5 Å². The van der Waals surface area contributed by atoms with Crippen LogP contribution in [0.1, 0.15) is 17.1 Å². The zero-order valence-corrected chi connectivity index (χ0v) is 11.0. The standard InChI is InChI=1S/C13H15ClN2O/c1-9-7-15-10(2)16(9)8-11-4-5-12(14)6-13(11)17-3/h4-7H,8H2,1-3H3. The highest BCUT2D eigenvalue weighted by Gasteiger charge is 2.08. The first kappa shape index (κ1) is 12.0. The van der Waals surface area contributed by atoms with Crippen LogP contribution in [0.2, 0.25) is 5.02 Å². The highest BCUT2D eigenvalue weighted by molar-refractivity contribution is 6.30. The average molecular weight is 251 g/mol. The number of benzene rings is 1. The maximum absolute atomic E-state index is 5.94. The summed E-state index contributed by atoms with van der Waals surface area (Å²) in [5.41, 5.74) is 2.24. The molecule has 0 aliphatic heterocycles. The van der Waals surface area contributed by atoms with Crippen LogP contribution in [0.3, 0.4) is 0 Å². The van der Waals surface area contributed by atoms with Gasteiger partial charge in [-0.05, 0) is 26.0 Å². The number of imidazole rings is 1. The molecular formula is C13H15ClN2O. The van der Waals surface area contributed by atoms with Crippen LogP contribution >= 0.6 is 11.6 Å². The number of halogens is 1.